The van der Waals surface area contributed by atoms with Gasteiger partial charge in [-0.2, -0.15) is 0 Å². The van der Waals surface area contributed by atoms with Crippen LogP contribution in [0.1, 0.15) is 52.4 Å². The van der Waals surface area contributed by atoms with E-state index in [1.165, 1.54) is 30.6 Å². The van der Waals surface area contributed by atoms with Gasteiger partial charge in [-0.05, 0) is 56.8 Å². The van der Waals surface area contributed by atoms with Gasteiger partial charge in [0.1, 0.15) is 0 Å². The van der Waals surface area contributed by atoms with E-state index in [1.54, 1.807) is 0 Å². The summed E-state index contributed by atoms with van der Waals surface area (Å²) in [7, 11) is 0. The molecule has 4 aliphatic rings. The first-order valence-electron chi connectivity index (χ1n) is 12.2. The Bertz CT molecular complexity index is 698. The fourth-order valence-electron chi connectivity index (χ4n) is 6.10. The minimum atomic E-state index is -0.114. The van der Waals surface area contributed by atoms with Crippen LogP contribution in [-0.2, 0) is 14.3 Å². The second-order valence-electron chi connectivity index (χ2n) is 9.60. The summed E-state index contributed by atoms with van der Waals surface area (Å²) < 4.78 is 5.61. The van der Waals surface area contributed by atoms with Crippen LogP contribution in [0.25, 0.3) is 0 Å². The van der Waals surface area contributed by atoms with Gasteiger partial charge in [0, 0.05) is 39.4 Å². The number of guanidine groups is 1. The molecule has 1 aliphatic heterocycles. The molecule has 7 nitrogen and oxygen atoms in total. The molecule has 2 amide bonds. The Labute approximate surface area is 186 Å². The number of amides is 2. The fourth-order valence-corrected chi connectivity index (χ4v) is 6.10. The van der Waals surface area contributed by atoms with Crippen LogP contribution in [0, 0.1) is 29.1 Å². The molecule has 3 aliphatic carbocycles. The van der Waals surface area contributed by atoms with Crippen LogP contribution in [0.4, 0.5) is 0 Å². The summed E-state index contributed by atoms with van der Waals surface area (Å²) in [6.45, 7) is 8.15. The van der Waals surface area contributed by atoms with Crippen molar-refractivity contribution in [2.45, 2.75) is 52.4 Å². The van der Waals surface area contributed by atoms with Crippen molar-refractivity contribution in [3.05, 3.63) is 12.2 Å². The molecule has 4 unspecified atom stereocenters. The zero-order valence-corrected chi connectivity index (χ0v) is 19.1. The van der Waals surface area contributed by atoms with E-state index in [0.717, 1.165) is 45.1 Å². The van der Waals surface area contributed by atoms with E-state index in [9.17, 15) is 9.59 Å². The summed E-state index contributed by atoms with van der Waals surface area (Å²) >= 11 is 0. The topological polar surface area (TPSA) is 83.0 Å². The van der Waals surface area contributed by atoms with Crippen molar-refractivity contribution in [2.24, 2.45) is 34.1 Å². The van der Waals surface area contributed by atoms with Gasteiger partial charge >= 0.3 is 0 Å². The van der Waals surface area contributed by atoms with Crippen LogP contribution in [0.2, 0.25) is 0 Å². The van der Waals surface area contributed by atoms with E-state index in [4.69, 9.17) is 9.73 Å². The third-order valence-corrected chi connectivity index (χ3v) is 7.75. The molecule has 1 saturated heterocycles. The number of aliphatic imine (C=N–C) groups is 1. The molecule has 2 N–H and O–H groups in total. The van der Waals surface area contributed by atoms with Crippen LogP contribution >= 0.6 is 0 Å². The minimum absolute atomic E-state index is 0.0245. The Morgan fingerprint density at radius 1 is 1.13 bits per heavy atom. The third kappa shape index (κ3) is 4.52. The Hall–Kier alpha value is -1.89. The lowest BCUT2D eigenvalue weighted by Gasteiger charge is -2.27. The summed E-state index contributed by atoms with van der Waals surface area (Å²) in [5.41, 5.74) is 0.238. The number of fused-ring (bicyclic) bond motifs is 5. The van der Waals surface area contributed by atoms with Gasteiger partial charge in [0.05, 0.1) is 11.8 Å². The first-order chi connectivity index (χ1) is 15.1. The van der Waals surface area contributed by atoms with Gasteiger partial charge in [0.2, 0.25) is 11.8 Å². The Kier molecular flexibility index (Phi) is 6.99. The van der Waals surface area contributed by atoms with Gasteiger partial charge in [0.25, 0.3) is 0 Å². The molecule has 2 saturated carbocycles. The maximum absolute atomic E-state index is 12.8. The highest BCUT2D eigenvalue weighted by Gasteiger charge is 2.58. The number of nitrogens with one attached hydrogen (secondary N) is 2. The summed E-state index contributed by atoms with van der Waals surface area (Å²) in [5.74, 6) is 1.12. The Morgan fingerprint density at radius 3 is 2.42 bits per heavy atom. The number of likely N-dealkylation sites (tertiary alicyclic amines) is 1. The van der Waals surface area contributed by atoms with Crippen molar-refractivity contribution in [1.82, 2.24) is 15.5 Å². The minimum Gasteiger partial charge on any atom is -0.382 e. The van der Waals surface area contributed by atoms with E-state index in [1.807, 2.05) is 6.92 Å². The van der Waals surface area contributed by atoms with Crippen LogP contribution in [0.15, 0.2) is 17.1 Å². The number of rotatable bonds is 10. The monoisotopic (exact) mass is 430 g/mol. The van der Waals surface area contributed by atoms with Crippen molar-refractivity contribution in [3.8, 4) is 0 Å². The van der Waals surface area contributed by atoms with Gasteiger partial charge < -0.3 is 15.4 Å². The van der Waals surface area contributed by atoms with Crippen LogP contribution < -0.4 is 10.6 Å². The smallest absolute Gasteiger partial charge is 0.233 e. The summed E-state index contributed by atoms with van der Waals surface area (Å²) in [4.78, 5) is 32.0. The average Bonchev–Trinajstić information content (AvgIpc) is 3.54. The molecular formula is C24H38N4O3. The second kappa shape index (κ2) is 9.72. The lowest BCUT2D eigenvalue weighted by atomic mass is 9.83. The van der Waals surface area contributed by atoms with Crippen molar-refractivity contribution in [2.75, 3.05) is 39.4 Å². The van der Waals surface area contributed by atoms with Crippen molar-refractivity contribution < 1.29 is 14.3 Å². The first kappa shape index (κ1) is 22.3. The van der Waals surface area contributed by atoms with Crippen molar-refractivity contribution in [1.29, 1.82) is 0 Å². The summed E-state index contributed by atoms with van der Waals surface area (Å²) in [6.07, 6.45) is 11.3. The van der Waals surface area contributed by atoms with Crippen LogP contribution in [0.3, 0.4) is 0 Å². The largest absolute Gasteiger partial charge is 0.382 e. The molecule has 2 bridgehead atoms. The zero-order chi connectivity index (χ0) is 21.8. The molecule has 0 aromatic heterocycles. The lowest BCUT2D eigenvalue weighted by molar-refractivity contribution is -0.140. The molecule has 0 aromatic carbocycles. The van der Waals surface area contributed by atoms with Gasteiger partial charge in [0.15, 0.2) is 5.96 Å². The highest BCUT2D eigenvalue weighted by molar-refractivity contribution is 6.06. The maximum Gasteiger partial charge on any atom is 0.233 e. The van der Waals surface area contributed by atoms with Crippen LogP contribution in [-0.4, -0.2) is 62.1 Å². The second-order valence-corrected chi connectivity index (χ2v) is 9.60. The quantitative estimate of drug-likeness (QED) is 0.183. The molecule has 0 spiro atoms. The van der Waals surface area contributed by atoms with Crippen LogP contribution in [0.5, 0.6) is 0 Å². The van der Waals surface area contributed by atoms with E-state index >= 15 is 0 Å². The van der Waals surface area contributed by atoms with E-state index < -0.39 is 0 Å². The molecule has 31 heavy (non-hydrogen) atoms. The van der Waals surface area contributed by atoms with Crippen molar-refractivity contribution in [3.63, 3.8) is 0 Å². The molecule has 4 atom stereocenters. The molecule has 7 heteroatoms. The summed E-state index contributed by atoms with van der Waals surface area (Å²) in [5, 5.41) is 6.66. The predicted molar refractivity (Wildman–Crippen MR) is 120 cm³/mol. The Morgan fingerprint density at radius 2 is 1.81 bits per heavy atom. The number of carbonyl (C=O) groups excluding carboxylic acids is 2. The third-order valence-electron chi connectivity index (χ3n) is 7.75. The molecule has 0 aromatic rings. The van der Waals surface area contributed by atoms with Gasteiger partial charge in [-0.25, -0.2) is 0 Å². The number of hydrogen-bond donors (Lipinski definition) is 2. The first-order valence-corrected chi connectivity index (χ1v) is 12.2. The van der Waals surface area contributed by atoms with Gasteiger partial charge in [-0.15, -0.1) is 0 Å². The van der Waals surface area contributed by atoms with E-state index in [-0.39, 0.29) is 40.9 Å². The highest BCUT2D eigenvalue weighted by Crippen LogP contribution is 2.52. The number of nitrogens with zero attached hydrogens (tertiary/aromatic N) is 2. The standard InChI is InChI=1S/C24H38N4O3/c1-3-25-23(27-16-24(9-5-6-10-24)11-14-31-4-2)26-12-13-28-21(29)19-17-7-8-18(15-17)20(19)22(28)30/h7-8,17-20H,3-6,9-16H2,1-2H3,(H2,25,26,27). The number of hydrogen-bond acceptors (Lipinski definition) is 4. The normalized spacial score (nSPS) is 31.0. The molecule has 0 radical (unpaired) electrons. The lowest BCUT2D eigenvalue weighted by Crippen LogP contribution is -2.44. The van der Waals surface area contributed by atoms with E-state index in [0.29, 0.717) is 13.1 Å². The highest BCUT2D eigenvalue weighted by atomic mass is 16.5. The molecule has 172 valence electrons. The predicted octanol–water partition coefficient (Wildman–Crippen LogP) is 2.34. The number of imide groups is 1. The molecule has 1 heterocycles. The molecule has 3 fully saturated rings. The fraction of sp³-hybridized carbons (Fsp3) is 0.792. The van der Waals surface area contributed by atoms with Gasteiger partial charge in [-0.1, -0.05) is 25.0 Å². The Balaban J connectivity index is 1.30. The molecular weight excluding hydrogens is 392 g/mol. The van der Waals surface area contributed by atoms with E-state index in [2.05, 4.69) is 29.7 Å². The van der Waals surface area contributed by atoms with Gasteiger partial charge in [-0.3, -0.25) is 19.5 Å². The zero-order valence-electron chi connectivity index (χ0n) is 19.1. The average molecular weight is 431 g/mol. The summed E-state index contributed by atoms with van der Waals surface area (Å²) in [6, 6.07) is 0. The maximum atomic E-state index is 12.8. The number of carbonyl (C=O) groups is 2. The van der Waals surface area contributed by atoms with Crippen molar-refractivity contribution >= 4 is 17.8 Å². The number of ether oxygens (including phenoxy) is 1. The SMILES string of the molecule is CCNC(=NCC1(CCOCC)CCCC1)NCCN1C(=O)C2C3C=CC(C3)C2C1=O. The molecule has 4 rings (SSSR count). The number of allylic oxidation sites excluding steroid dienone is 2.